The van der Waals surface area contributed by atoms with E-state index in [0.717, 1.165) is 29.1 Å². The number of nitrogens with zero attached hydrogens (tertiary/aromatic N) is 2. The maximum absolute atomic E-state index is 9.62. The lowest BCUT2D eigenvalue weighted by molar-refractivity contribution is 0.302. The van der Waals surface area contributed by atoms with Crippen LogP contribution in [0, 0.1) is 12.3 Å². The van der Waals surface area contributed by atoms with Crippen LogP contribution in [-0.4, -0.2) is 20.0 Å². The van der Waals surface area contributed by atoms with E-state index in [1.54, 1.807) is 12.1 Å². The van der Waals surface area contributed by atoms with Gasteiger partial charge in [0.1, 0.15) is 22.9 Å². The summed E-state index contributed by atoms with van der Waals surface area (Å²) in [4.78, 5) is 4.87. The van der Waals surface area contributed by atoms with Crippen LogP contribution in [-0.2, 0) is 0 Å². The van der Waals surface area contributed by atoms with Crippen LogP contribution >= 0.6 is 0 Å². The lowest BCUT2D eigenvalue weighted by atomic mass is 9.82. The number of benzene rings is 1. The summed E-state index contributed by atoms with van der Waals surface area (Å²) in [5, 5.41) is 13.4. The number of pyridine rings is 1. The van der Waals surface area contributed by atoms with Crippen molar-refractivity contribution in [1.29, 1.82) is 0 Å². The molecule has 2 heterocycles. The second-order valence-electron chi connectivity index (χ2n) is 9.03. The molecule has 0 atom stereocenters. The van der Waals surface area contributed by atoms with Crippen molar-refractivity contribution in [3.63, 3.8) is 0 Å². The number of aryl methyl sites for hydroxylation is 1. The summed E-state index contributed by atoms with van der Waals surface area (Å²) in [7, 11) is 0. The SMILES string of the molecule is Cc1ccn2c(NC(C)(C)CC(C)(C)C)c(-c3ccc(O)cc3)nc2c1. The Kier molecular flexibility index (Phi) is 4.47. The molecule has 138 valence electrons. The number of anilines is 1. The highest BCUT2D eigenvalue weighted by Gasteiger charge is 2.28. The number of hydrogen-bond acceptors (Lipinski definition) is 3. The fourth-order valence-corrected chi connectivity index (χ4v) is 3.78. The van der Waals surface area contributed by atoms with Crippen LogP contribution in [0.25, 0.3) is 16.9 Å². The molecule has 0 bridgehead atoms. The molecule has 4 heteroatoms. The van der Waals surface area contributed by atoms with Gasteiger partial charge < -0.3 is 10.4 Å². The third kappa shape index (κ3) is 4.01. The molecule has 0 aliphatic heterocycles. The number of aromatic nitrogens is 2. The summed E-state index contributed by atoms with van der Waals surface area (Å²) in [6, 6.07) is 11.4. The summed E-state index contributed by atoms with van der Waals surface area (Å²) in [5.41, 5.74) is 4.11. The van der Waals surface area contributed by atoms with E-state index in [-0.39, 0.29) is 16.7 Å². The van der Waals surface area contributed by atoms with Crippen molar-refractivity contribution in [2.24, 2.45) is 5.41 Å². The summed E-state index contributed by atoms with van der Waals surface area (Å²) in [5.74, 6) is 1.25. The van der Waals surface area contributed by atoms with Crippen LogP contribution in [0.5, 0.6) is 5.75 Å². The van der Waals surface area contributed by atoms with Gasteiger partial charge in [0.2, 0.25) is 0 Å². The molecule has 3 aromatic rings. The number of aromatic hydroxyl groups is 1. The second-order valence-corrected chi connectivity index (χ2v) is 9.03. The summed E-state index contributed by atoms with van der Waals surface area (Å²) in [6.45, 7) is 13.3. The average Bonchev–Trinajstić information content (AvgIpc) is 2.82. The van der Waals surface area contributed by atoms with E-state index in [1.807, 2.05) is 12.1 Å². The van der Waals surface area contributed by atoms with E-state index in [0.29, 0.717) is 0 Å². The first-order chi connectivity index (χ1) is 12.0. The quantitative estimate of drug-likeness (QED) is 0.639. The van der Waals surface area contributed by atoms with Crippen LogP contribution < -0.4 is 5.32 Å². The minimum absolute atomic E-state index is 0.0925. The van der Waals surface area contributed by atoms with Gasteiger partial charge in [0.25, 0.3) is 0 Å². The minimum Gasteiger partial charge on any atom is -0.508 e. The largest absolute Gasteiger partial charge is 0.508 e. The summed E-state index contributed by atoms with van der Waals surface area (Å²) in [6.07, 6.45) is 3.09. The molecule has 0 saturated heterocycles. The molecule has 0 fully saturated rings. The number of fused-ring (bicyclic) bond motifs is 1. The van der Waals surface area contributed by atoms with Crippen molar-refractivity contribution in [1.82, 2.24) is 9.38 Å². The minimum atomic E-state index is -0.0925. The molecule has 1 aromatic carbocycles. The van der Waals surface area contributed by atoms with Gasteiger partial charge in [-0.3, -0.25) is 4.40 Å². The van der Waals surface area contributed by atoms with Crippen molar-refractivity contribution in [2.75, 3.05) is 5.32 Å². The maximum Gasteiger partial charge on any atom is 0.139 e. The maximum atomic E-state index is 9.62. The Morgan fingerprint density at radius 2 is 1.69 bits per heavy atom. The third-order valence-electron chi connectivity index (χ3n) is 4.35. The number of rotatable bonds is 4. The average molecular weight is 351 g/mol. The molecule has 0 amide bonds. The number of phenols is 1. The van der Waals surface area contributed by atoms with Crippen LogP contribution in [0.4, 0.5) is 5.82 Å². The molecule has 0 saturated carbocycles. The van der Waals surface area contributed by atoms with Gasteiger partial charge in [0.05, 0.1) is 0 Å². The van der Waals surface area contributed by atoms with Gasteiger partial charge in [-0.1, -0.05) is 20.8 Å². The summed E-state index contributed by atoms with van der Waals surface area (Å²) < 4.78 is 2.11. The fourth-order valence-electron chi connectivity index (χ4n) is 3.78. The molecule has 0 radical (unpaired) electrons. The highest BCUT2D eigenvalue weighted by atomic mass is 16.3. The molecular formula is C22H29N3O. The van der Waals surface area contributed by atoms with Crippen molar-refractivity contribution >= 4 is 11.5 Å². The molecule has 26 heavy (non-hydrogen) atoms. The van der Waals surface area contributed by atoms with Crippen LogP contribution in [0.15, 0.2) is 42.6 Å². The monoisotopic (exact) mass is 351 g/mol. The van der Waals surface area contributed by atoms with E-state index in [4.69, 9.17) is 4.98 Å². The van der Waals surface area contributed by atoms with Crippen molar-refractivity contribution in [3.8, 4) is 17.0 Å². The van der Waals surface area contributed by atoms with E-state index in [9.17, 15) is 5.11 Å². The predicted octanol–water partition coefficient (Wildman–Crippen LogP) is 5.64. The van der Waals surface area contributed by atoms with E-state index < -0.39 is 0 Å². The Hall–Kier alpha value is -2.49. The van der Waals surface area contributed by atoms with E-state index in [2.05, 4.69) is 69.6 Å². The molecule has 0 spiro atoms. The smallest absolute Gasteiger partial charge is 0.139 e. The Labute approximate surface area is 155 Å². The Balaban J connectivity index is 2.12. The first-order valence-electron chi connectivity index (χ1n) is 9.10. The molecule has 0 unspecified atom stereocenters. The molecule has 3 rings (SSSR count). The normalized spacial score (nSPS) is 12.5. The Morgan fingerprint density at radius 3 is 2.31 bits per heavy atom. The zero-order valence-electron chi connectivity index (χ0n) is 16.6. The number of hydrogen-bond donors (Lipinski definition) is 2. The Bertz CT molecular complexity index is 915. The lowest BCUT2D eigenvalue weighted by Gasteiger charge is -2.34. The zero-order chi connectivity index (χ0) is 19.1. The lowest BCUT2D eigenvalue weighted by Crippen LogP contribution is -2.36. The zero-order valence-corrected chi connectivity index (χ0v) is 16.6. The number of imidazole rings is 1. The van der Waals surface area contributed by atoms with Crippen molar-refractivity contribution < 1.29 is 5.11 Å². The first kappa shape index (κ1) is 18.3. The van der Waals surface area contributed by atoms with Crippen LogP contribution in [0.3, 0.4) is 0 Å². The highest BCUT2D eigenvalue weighted by Crippen LogP contribution is 2.35. The van der Waals surface area contributed by atoms with Crippen molar-refractivity contribution in [2.45, 2.75) is 53.5 Å². The first-order valence-corrected chi connectivity index (χ1v) is 9.10. The molecule has 0 aliphatic carbocycles. The molecule has 0 aliphatic rings. The van der Waals surface area contributed by atoms with Gasteiger partial charge in [-0.05, 0) is 74.6 Å². The number of phenolic OH excluding ortho intramolecular Hbond substituents is 1. The van der Waals surface area contributed by atoms with E-state index >= 15 is 0 Å². The van der Waals surface area contributed by atoms with Crippen LogP contribution in [0.1, 0.15) is 46.6 Å². The van der Waals surface area contributed by atoms with Gasteiger partial charge in [0.15, 0.2) is 0 Å². The Morgan fingerprint density at radius 1 is 1.04 bits per heavy atom. The topological polar surface area (TPSA) is 49.6 Å². The van der Waals surface area contributed by atoms with Gasteiger partial charge >= 0.3 is 0 Å². The van der Waals surface area contributed by atoms with Gasteiger partial charge in [0, 0.05) is 17.3 Å². The third-order valence-corrected chi connectivity index (χ3v) is 4.35. The van der Waals surface area contributed by atoms with Crippen LogP contribution in [0.2, 0.25) is 0 Å². The van der Waals surface area contributed by atoms with Gasteiger partial charge in [-0.15, -0.1) is 0 Å². The summed E-state index contributed by atoms with van der Waals surface area (Å²) >= 11 is 0. The van der Waals surface area contributed by atoms with Crippen molar-refractivity contribution in [3.05, 3.63) is 48.2 Å². The number of nitrogens with one attached hydrogen (secondary N) is 1. The fraction of sp³-hybridized carbons (Fsp3) is 0.409. The highest BCUT2D eigenvalue weighted by molar-refractivity contribution is 5.77. The standard InChI is InChI=1S/C22H29N3O/c1-15-11-12-25-18(13-15)23-19(16-7-9-17(26)10-8-16)20(25)24-22(5,6)14-21(2,3)4/h7-13,24,26H,14H2,1-6H3. The molecule has 4 nitrogen and oxygen atoms in total. The second kappa shape index (κ2) is 6.35. The van der Waals surface area contributed by atoms with E-state index in [1.165, 1.54) is 5.56 Å². The molecule has 2 N–H and O–H groups in total. The van der Waals surface area contributed by atoms with Gasteiger partial charge in [-0.25, -0.2) is 4.98 Å². The molecular weight excluding hydrogens is 322 g/mol. The predicted molar refractivity (Wildman–Crippen MR) is 109 cm³/mol. The van der Waals surface area contributed by atoms with Gasteiger partial charge in [-0.2, -0.15) is 0 Å². The molecule has 2 aromatic heterocycles.